The summed E-state index contributed by atoms with van der Waals surface area (Å²) in [6.45, 7) is 4.96. The lowest BCUT2D eigenvalue weighted by Crippen LogP contribution is -2.17. The van der Waals surface area contributed by atoms with E-state index < -0.39 is 0 Å². The first kappa shape index (κ1) is 12.2. The van der Waals surface area contributed by atoms with Gasteiger partial charge in [0, 0.05) is 21.3 Å². The third-order valence-corrected chi connectivity index (χ3v) is 4.84. The van der Waals surface area contributed by atoms with E-state index in [4.69, 9.17) is 0 Å². The molecule has 0 saturated heterocycles. The van der Waals surface area contributed by atoms with Crippen molar-refractivity contribution in [2.75, 3.05) is 0 Å². The predicted molar refractivity (Wildman–Crippen MR) is 71.9 cm³/mol. The summed E-state index contributed by atoms with van der Waals surface area (Å²) in [5, 5.41) is 15.8. The number of aryl methyl sites for hydroxylation is 1. The van der Waals surface area contributed by atoms with Crippen molar-refractivity contribution in [2.24, 2.45) is 0 Å². The topological polar surface area (TPSA) is 37.8 Å². The van der Waals surface area contributed by atoms with E-state index in [0.29, 0.717) is 0 Å². The second-order valence-electron chi connectivity index (χ2n) is 3.49. The molecule has 0 aromatic carbocycles. The normalized spacial score (nSPS) is 12.9. The van der Waals surface area contributed by atoms with Gasteiger partial charge < -0.3 is 5.32 Å². The van der Waals surface area contributed by atoms with Crippen molar-refractivity contribution >= 4 is 38.6 Å². The molecule has 2 heterocycles. The highest BCUT2D eigenvalue weighted by Gasteiger charge is 2.10. The molecule has 2 rings (SSSR count). The predicted octanol–water partition coefficient (Wildman–Crippen LogP) is 3.52. The molecule has 0 aliphatic carbocycles. The van der Waals surface area contributed by atoms with Gasteiger partial charge in [0.15, 0.2) is 0 Å². The Bertz CT molecular complexity index is 466. The van der Waals surface area contributed by atoms with E-state index in [0.717, 1.165) is 21.0 Å². The van der Waals surface area contributed by atoms with Gasteiger partial charge in [0.1, 0.15) is 10.0 Å². The number of thiophene rings is 1. The van der Waals surface area contributed by atoms with Crippen LogP contribution in [0.25, 0.3) is 0 Å². The number of hydrogen-bond donors (Lipinski definition) is 1. The fourth-order valence-electron chi connectivity index (χ4n) is 1.27. The Morgan fingerprint density at radius 3 is 2.88 bits per heavy atom. The van der Waals surface area contributed by atoms with Crippen molar-refractivity contribution in [3.05, 3.63) is 30.8 Å². The summed E-state index contributed by atoms with van der Waals surface area (Å²) in [5.74, 6) is 0. The molecule has 3 nitrogen and oxygen atoms in total. The molecule has 16 heavy (non-hydrogen) atoms. The summed E-state index contributed by atoms with van der Waals surface area (Å²) < 4.78 is 1.15. The lowest BCUT2D eigenvalue weighted by molar-refractivity contribution is 0.571. The number of hydrogen-bond acceptors (Lipinski definition) is 5. The number of rotatable bonds is 4. The molecular formula is C10H12BrN3S2. The fourth-order valence-corrected chi connectivity index (χ4v) is 3.40. The molecule has 0 aliphatic heterocycles. The first-order chi connectivity index (χ1) is 7.65. The first-order valence-corrected chi connectivity index (χ1v) is 7.40. The summed E-state index contributed by atoms with van der Waals surface area (Å²) in [5.41, 5.74) is 0. The molecule has 2 aromatic rings. The molecule has 0 fully saturated rings. The molecule has 86 valence electrons. The van der Waals surface area contributed by atoms with Crippen molar-refractivity contribution in [1.29, 1.82) is 0 Å². The Labute approximate surface area is 111 Å². The number of aromatic nitrogens is 2. The molecule has 0 aliphatic rings. The van der Waals surface area contributed by atoms with Gasteiger partial charge in [-0.25, -0.2) is 0 Å². The van der Waals surface area contributed by atoms with Crippen molar-refractivity contribution in [2.45, 2.75) is 26.4 Å². The van der Waals surface area contributed by atoms with Crippen LogP contribution >= 0.6 is 38.6 Å². The third-order valence-electron chi connectivity index (χ3n) is 2.12. The van der Waals surface area contributed by atoms with Gasteiger partial charge in [0.05, 0.1) is 6.04 Å². The van der Waals surface area contributed by atoms with Crippen LogP contribution < -0.4 is 5.32 Å². The van der Waals surface area contributed by atoms with E-state index in [2.05, 4.69) is 49.8 Å². The number of nitrogens with zero attached hydrogens (tertiary/aromatic N) is 2. The van der Waals surface area contributed by atoms with Gasteiger partial charge in [-0.05, 0) is 35.8 Å². The van der Waals surface area contributed by atoms with Crippen LogP contribution in [0.15, 0.2) is 15.9 Å². The van der Waals surface area contributed by atoms with Gasteiger partial charge in [0.25, 0.3) is 0 Å². The monoisotopic (exact) mass is 317 g/mol. The van der Waals surface area contributed by atoms with Crippen molar-refractivity contribution in [1.82, 2.24) is 15.5 Å². The highest BCUT2D eigenvalue weighted by molar-refractivity contribution is 9.10. The van der Waals surface area contributed by atoms with Crippen LogP contribution in [0, 0.1) is 6.92 Å². The summed E-state index contributed by atoms with van der Waals surface area (Å²) in [6, 6.07) is 2.39. The zero-order chi connectivity index (χ0) is 11.5. The summed E-state index contributed by atoms with van der Waals surface area (Å²) in [4.78, 5) is 1.32. The Morgan fingerprint density at radius 2 is 2.31 bits per heavy atom. The highest BCUT2D eigenvalue weighted by Crippen LogP contribution is 2.21. The molecule has 1 unspecified atom stereocenters. The van der Waals surface area contributed by atoms with Crippen molar-refractivity contribution in [3.8, 4) is 0 Å². The maximum atomic E-state index is 4.13. The first-order valence-electron chi connectivity index (χ1n) is 4.91. The van der Waals surface area contributed by atoms with E-state index in [1.54, 1.807) is 22.7 Å². The minimum Gasteiger partial charge on any atom is -0.303 e. The van der Waals surface area contributed by atoms with E-state index in [-0.39, 0.29) is 6.04 Å². The lowest BCUT2D eigenvalue weighted by Gasteiger charge is -2.08. The van der Waals surface area contributed by atoms with Gasteiger partial charge in [0.2, 0.25) is 0 Å². The molecule has 0 spiro atoms. The van der Waals surface area contributed by atoms with Crippen LogP contribution in [-0.4, -0.2) is 10.2 Å². The zero-order valence-electron chi connectivity index (χ0n) is 9.03. The van der Waals surface area contributed by atoms with E-state index >= 15 is 0 Å². The van der Waals surface area contributed by atoms with Crippen LogP contribution in [-0.2, 0) is 6.54 Å². The second kappa shape index (κ2) is 5.35. The molecule has 0 bridgehead atoms. The summed E-state index contributed by atoms with van der Waals surface area (Å²) in [6.07, 6.45) is 0. The van der Waals surface area contributed by atoms with Crippen LogP contribution in [0.3, 0.4) is 0 Å². The van der Waals surface area contributed by atoms with Crippen LogP contribution in [0.5, 0.6) is 0 Å². The fraction of sp³-hybridized carbons (Fsp3) is 0.400. The molecule has 0 saturated carbocycles. The Hall–Kier alpha value is -0.300. The molecular weight excluding hydrogens is 306 g/mol. The Kier molecular flexibility index (Phi) is 4.07. The average Bonchev–Trinajstić information content (AvgIpc) is 2.84. The maximum Gasteiger partial charge on any atom is 0.134 e. The van der Waals surface area contributed by atoms with Gasteiger partial charge in [-0.3, -0.25) is 0 Å². The molecule has 0 radical (unpaired) electrons. The average molecular weight is 318 g/mol. The molecule has 2 aromatic heterocycles. The highest BCUT2D eigenvalue weighted by atomic mass is 79.9. The minimum absolute atomic E-state index is 0.257. The van der Waals surface area contributed by atoms with Crippen LogP contribution in [0.4, 0.5) is 0 Å². The van der Waals surface area contributed by atoms with Gasteiger partial charge in [-0.15, -0.1) is 32.9 Å². The van der Waals surface area contributed by atoms with Crippen molar-refractivity contribution < 1.29 is 0 Å². The largest absolute Gasteiger partial charge is 0.303 e. The van der Waals surface area contributed by atoms with E-state index in [1.807, 2.05) is 6.92 Å². The smallest absolute Gasteiger partial charge is 0.134 e. The zero-order valence-corrected chi connectivity index (χ0v) is 12.2. The van der Waals surface area contributed by atoms with Crippen LogP contribution in [0.2, 0.25) is 0 Å². The van der Waals surface area contributed by atoms with Gasteiger partial charge in [-0.2, -0.15) is 0 Å². The SMILES string of the molecule is Cc1nnc(C(C)NCc2cc(Br)cs2)s1. The molecule has 0 amide bonds. The summed E-state index contributed by atoms with van der Waals surface area (Å²) in [7, 11) is 0. The number of halogens is 1. The van der Waals surface area contributed by atoms with Crippen LogP contribution in [0.1, 0.15) is 27.9 Å². The third kappa shape index (κ3) is 3.10. The molecule has 1 atom stereocenters. The van der Waals surface area contributed by atoms with Crippen molar-refractivity contribution in [3.63, 3.8) is 0 Å². The Balaban J connectivity index is 1.91. The molecule has 1 N–H and O–H groups in total. The Morgan fingerprint density at radius 1 is 1.50 bits per heavy atom. The minimum atomic E-state index is 0.257. The van der Waals surface area contributed by atoms with E-state index in [9.17, 15) is 0 Å². The van der Waals surface area contributed by atoms with E-state index in [1.165, 1.54) is 4.88 Å². The molecule has 6 heteroatoms. The number of nitrogens with one attached hydrogen (secondary N) is 1. The van der Waals surface area contributed by atoms with Gasteiger partial charge >= 0.3 is 0 Å². The quantitative estimate of drug-likeness (QED) is 0.937. The standard InChI is InChI=1S/C10H12BrN3S2/c1-6(10-14-13-7(2)16-10)12-4-9-3-8(11)5-15-9/h3,5-6,12H,4H2,1-2H3. The second-order valence-corrected chi connectivity index (χ2v) is 6.62. The van der Waals surface area contributed by atoms with Gasteiger partial charge in [-0.1, -0.05) is 0 Å². The summed E-state index contributed by atoms with van der Waals surface area (Å²) >= 11 is 6.85. The lowest BCUT2D eigenvalue weighted by atomic mass is 10.3. The maximum absolute atomic E-state index is 4.13.